The quantitative estimate of drug-likeness (QED) is 0.245. The van der Waals surface area contributed by atoms with Crippen LogP contribution in [0.3, 0.4) is 0 Å². The number of hydrogen-bond acceptors (Lipinski definition) is 4. The summed E-state index contributed by atoms with van der Waals surface area (Å²) >= 11 is 3.47. The zero-order chi connectivity index (χ0) is 30.1. The average molecular weight is 655 g/mol. The SMILES string of the molecule is Cc1ccc(N(CCCC(=O)N(Cc2ccc(Br)cc2)[C@@H](Cc2ccccc2)C(=O)NC2CCCC2)S(C)(=O)=O)cc1. The number of anilines is 1. The predicted molar refractivity (Wildman–Crippen MR) is 172 cm³/mol. The molecule has 1 atom stereocenters. The molecule has 0 aromatic heterocycles. The highest BCUT2D eigenvalue weighted by Gasteiger charge is 2.32. The first-order valence-electron chi connectivity index (χ1n) is 14.5. The Kier molecular flexibility index (Phi) is 11.2. The van der Waals surface area contributed by atoms with E-state index in [4.69, 9.17) is 0 Å². The molecule has 1 N–H and O–H groups in total. The summed E-state index contributed by atoms with van der Waals surface area (Å²) in [6.07, 6.45) is 6.07. The van der Waals surface area contributed by atoms with Gasteiger partial charge in [-0.25, -0.2) is 8.42 Å². The van der Waals surface area contributed by atoms with E-state index in [2.05, 4.69) is 21.2 Å². The van der Waals surface area contributed by atoms with Crippen LogP contribution in [0.25, 0.3) is 0 Å². The van der Waals surface area contributed by atoms with Crippen molar-refractivity contribution in [3.8, 4) is 0 Å². The number of aryl methyl sites for hydroxylation is 1. The van der Waals surface area contributed by atoms with Crippen molar-refractivity contribution < 1.29 is 18.0 Å². The second-order valence-electron chi connectivity index (χ2n) is 11.1. The number of sulfonamides is 1. The van der Waals surface area contributed by atoms with E-state index in [9.17, 15) is 18.0 Å². The molecule has 3 aromatic carbocycles. The summed E-state index contributed by atoms with van der Waals surface area (Å²) in [7, 11) is -3.55. The maximum atomic E-state index is 14.0. The number of halogens is 1. The summed E-state index contributed by atoms with van der Waals surface area (Å²) in [5.74, 6) is -0.327. The molecule has 0 bridgehead atoms. The normalized spacial score (nSPS) is 14.4. The molecule has 7 nitrogen and oxygen atoms in total. The third-order valence-corrected chi connectivity index (χ3v) is 9.44. The Hall–Kier alpha value is -3.17. The fourth-order valence-electron chi connectivity index (χ4n) is 5.42. The smallest absolute Gasteiger partial charge is 0.243 e. The molecule has 0 aliphatic heterocycles. The molecule has 3 aromatic rings. The van der Waals surface area contributed by atoms with Crippen molar-refractivity contribution in [2.75, 3.05) is 17.1 Å². The number of amides is 2. The van der Waals surface area contributed by atoms with Crippen LogP contribution in [0.2, 0.25) is 0 Å². The molecule has 2 amide bonds. The van der Waals surface area contributed by atoms with Gasteiger partial charge in [-0.2, -0.15) is 0 Å². The molecule has 0 radical (unpaired) electrons. The Labute approximate surface area is 258 Å². The molecule has 42 heavy (non-hydrogen) atoms. The second kappa shape index (κ2) is 14.8. The van der Waals surface area contributed by atoms with Gasteiger partial charge in [0.05, 0.1) is 11.9 Å². The van der Waals surface area contributed by atoms with Gasteiger partial charge in [-0.1, -0.05) is 88.9 Å². The van der Waals surface area contributed by atoms with Crippen LogP contribution in [0.4, 0.5) is 5.69 Å². The van der Waals surface area contributed by atoms with Crippen LogP contribution >= 0.6 is 15.9 Å². The van der Waals surface area contributed by atoms with Gasteiger partial charge < -0.3 is 10.2 Å². The standard InChI is InChI=1S/C33H40BrN3O4S/c1-25-14-20-30(21-15-25)37(42(2,40)41)22-8-13-32(38)36(24-27-16-18-28(34)19-17-27)31(23-26-9-4-3-5-10-26)33(39)35-29-11-6-7-12-29/h3-5,9-10,14-21,29,31H,6-8,11-13,22-24H2,1-2H3,(H,35,39)/t31-/m0/s1. The van der Waals surface area contributed by atoms with Crippen LogP contribution in [0, 0.1) is 6.92 Å². The fraction of sp³-hybridized carbons (Fsp3) is 0.394. The van der Waals surface area contributed by atoms with Crippen molar-refractivity contribution >= 4 is 43.5 Å². The van der Waals surface area contributed by atoms with Gasteiger partial charge in [-0.05, 0) is 61.6 Å². The van der Waals surface area contributed by atoms with E-state index in [-0.39, 0.29) is 37.4 Å². The molecule has 0 heterocycles. The third kappa shape index (κ3) is 9.16. The summed E-state index contributed by atoms with van der Waals surface area (Å²) in [6, 6.07) is 24.2. The number of nitrogens with one attached hydrogen (secondary N) is 1. The molecule has 9 heteroatoms. The molecule has 4 rings (SSSR count). The summed E-state index contributed by atoms with van der Waals surface area (Å²) in [5, 5.41) is 3.22. The van der Waals surface area contributed by atoms with Crippen LogP contribution in [0.5, 0.6) is 0 Å². The zero-order valence-electron chi connectivity index (χ0n) is 24.3. The number of rotatable bonds is 13. The summed E-state index contributed by atoms with van der Waals surface area (Å²) < 4.78 is 27.5. The molecule has 0 saturated heterocycles. The van der Waals surface area contributed by atoms with Gasteiger partial charge in [0.15, 0.2) is 0 Å². The van der Waals surface area contributed by atoms with Crippen molar-refractivity contribution in [3.63, 3.8) is 0 Å². The number of carbonyl (C=O) groups excluding carboxylic acids is 2. The molecule has 0 unspecified atom stereocenters. The number of nitrogens with zero attached hydrogens (tertiary/aromatic N) is 2. The van der Waals surface area contributed by atoms with Gasteiger partial charge in [-0.15, -0.1) is 0 Å². The molecule has 1 aliphatic carbocycles. The predicted octanol–water partition coefficient (Wildman–Crippen LogP) is 6.00. The second-order valence-corrected chi connectivity index (χ2v) is 13.9. The Morgan fingerprint density at radius 3 is 2.19 bits per heavy atom. The van der Waals surface area contributed by atoms with Crippen LogP contribution in [0.1, 0.15) is 55.2 Å². The molecule has 1 saturated carbocycles. The average Bonchev–Trinajstić information content (AvgIpc) is 3.47. The Morgan fingerprint density at radius 2 is 1.57 bits per heavy atom. The molecular weight excluding hydrogens is 614 g/mol. The van der Waals surface area contributed by atoms with Crippen molar-refractivity contribution in [1.82, 2.24) is 10.2 Å². The van der Waals surface area contributed by atoms with Gasteiger partial charge >= 0.3 is 0 Å². The van der Waals surface area contributed by atoms with E-state index in [0.29, 0.717) is 18.5 Å². The highest BCUT2D eigenvalue weighted by atomic mass is 79.9. The minimum absolute atomic E-state index is 0.108. The van der Waals surface area contributed by atoms with Crippen molar-refractivity contribution in [3.05, 3.63) is 100 Å². The maximum absolute atomic E-state index is 14.0. The molecule has 0 spiro atoms. The molecule has 1 aliphatic rings. The minimum atomic E-state index is -3.55. The monoisotopic (exact) mass is 653 g/mol. The van der Waals surface area contributed by atoms with Crippen LogP contribution in [-0.2, 0) is 32.6 Å². The Balaban J connectivity index is 1.57. The van der Waals surface area contributed by atoms with Crippen LogP contribution in [-0.4, -0.2) is 50.0 Å². The summed E-state index contributed by atoms with van der Waals surface area (Å²) in [4.78, 5) is 29.5. The van der Waals surface area contributed by atoms with Gasteiger partial charge in [0.1, 0.15) is 6.04 Å². The number of benzene rings is 3. The molecular formula is C33H40BrN3O4S. The van der Waals surface area contributed by atoms with E-state index in [1.807, 2.05) is 73.7 Å². The van der Waals surface area contributed by atoms with Gasteiger partial charge in [0.2, 0.25) is 21.8 Å². The van der Waals surface area contributed by atoms with Gasteiger partial charge in [0.25, 0.3) is 0 Å². The topological polar surface area (TPSA) is 86.8 Å². The first-order valence-corrected chi connectivity index (χ1v) is 17.2. The van der Waals surface area contributed by atoms with Crippen LogP contribution in [0.15, 0.2) is 83.3 Å². The number of hydrogen-bond donors (Lipinski definition) is 1. The summed E-state index contributed by atoms with van der Waals surface area (Å²) in [6.45, 7) is 2.38. The Morgan fingerprint density at radius 1 is 0.929 bits per heavy atom. The van der Waals surface area contributed by atoms with Crippen molar-refractivity contribution in [2.45, 2.75) is 70.5 Å². The van der Waals surface area contributed by atoms with Gasteiger partial charge in [0, 0.05) is 36.4 Å². The first-order chi connectivity index (χ1) is 20.1. The highest BCUT2D eigenvalue weighted by Crippen LogP contribution is 2.23. The highest BCUT2D eigenvalue weighted by molar-refractivity contribution is 9.10. The zero-order valence-corrected chi connectivity index (χ0v) is 26.7. The lowest BCUT2D eigenvalue weighted by molar-refractivity contribution is -0.141. The van der Waals surface area contributed by atoms with E-state index in [1.165, 1.54) is 10.6 Å². The summed E-state index contributed by atoms with van der Waals surface area (Å²) in [5.41, 5.74) is 3.49. The molecule has 224 valence electrons. The van der Waals surface area contributed by atoms with Crippen molar-refractivity contribution in [1.29, 1.82) is 0 Å². The lowest BCUT2D eigenvalue weighted by Gasteiger charge is -2.33. The van der Waals surface area contributed by atoms with Gasteiger partial charge in [-0.3, -0.25) is 13.9 Å². The lowest BCUT2D eigenvalue weighted by atomic mass is 10.0. The largest absolute Gasteiger partial charge is 0.352 e. The van der Waals surface area contributed by atoms with E-state index in [1.54, 1.807) is 17.0 Å². The Bertz CT molecular complexity index is 1420. The molecule has 1 fully saturated rings. The van der Waals surface area contributed by atoms with E-state index < -0.39 is 16.1 Å². The first kappa shape index (κ1) is 31.8. The maximum Gasteiger partial charge on any atom is 0.243 e. The third-order valence-electron chi connectivity index (χ3n) is 7.71. The fourth-order valence-corrected chi connectivity index (χ4v) is 6.65. The number of carbonyl (C=O) groups is 2. The lowest BCUT2D eigenvalue weighted by Crippen LogP contribution is -2.52. The van der Waals surface area contributed by atoms with Crippen LogP contribution < -0.4 is 9.62 Å². The van der Waals surface area contributed by atoms with E-state index in [0.717, 1.165) is 46.8 Å². The van der Waals surface area contributed by atoms with E-state index >= 15 is 0 Å². The minimum Gasteiger partial charge on any atom is -0.352 e. The van der Waals surface area contributed by atoms with Crippen molar-refractivity contribution in [2.24, 2.45) is 0 Å².